The summed E-state index contributed by atoms with van der Waals surface area (Å²) in [6, 6.07) is 7.90. The van der Waals surface area contributed by atoms with Crippen LogP contribution in [-0.2, 0) is 13.1 Å². The van der Waals surface area contributed by atoms with E-state index in [1.54, 1.807) is 0 Å². The van der Waals surface area contributed by atoms with Crippen molar-refractivity contribution < 1.29 is 14.6 Å². The topological polar surface area (TPSA) is 89.3 Å². The van der Waals surface area contributed by atoms with Gasteiger partial charge in [-0.15, -0.1) is 5.10 Å². The minimum absolute atomic E-state index is 0.0422. The highest BCUT2D eigenvalue weighted by Crippen LogP contribution is 2.12. The molecule has 0 aliphatic carbocycles. The number of carboxylic acid groups (broad SMARTS) is 1. The lowest BCUT2D eigenvalue weighted by Crippen LogP contribution is -2.19. The Kier molecular flexibility index (Phi) is 5.28. The Morgan fingerprint density at radius 1 is 1.48 bits per heavy atom. The molecule has 7 heteroatoms. The van der Waals surface area contributed by atoms with E-state index in [-0.39, 0.29) is 5.69 Å². The average molecular weight is 290 g/mol. The van der Waals surface area contributed by atoms with E-state index < -0.39 is 5.97 Å². The van der Waals surface area contributed by atoms with Gasteiger partial charge in [0.2, 0.25) is 0 Å². The van der Waals surface area contributed by atoms with Gasteiger partial charge in [-0.1, -0.05) is 17.3 Å². The van der Waals surface area contributed by atoms with E-state index in [1.165, 1.54) is 10.9 Å². The fourth-order valence-corrected chi connectivity index (χ4v) is 1.84. The summed E-state index contributed by atoms with van der Waals surface area (Å²) in [5.41, 5.74) is 1.09. The zero-order valence-electron chi connectivity index (χ0n) is 11.8. The van der Waals surface area contributed by atoms with E-state index in [2.05, 4.69) is 15.6 Å². The first-order valence-electron chi connectivity index (χ1n) is 6.75. The largest absolute Gasteiger partial charge is 0.494 e. The lowest BCUT2D eigenvalue weighted by Gasteiger charge is -2.07. The number of aromatic nitrogens is 3. The molecule has 0 radical (unpaired) electrons. The summed E-state index contributed by atoms with van der Waals surface area (Å²) in [6.45, 7) is 4.54. The van der Waals surface area contributed by atoms with Gasteiger partial charge in [0.25, 0.3) is 0 Å². The van der Waals surface area contributed by atoms with Gasteiger partial charge in [-0.05, 0) is 24.6 Å². The van der Waals surface area contributed by atoms with Crippen LogP contribution in [0, 0.1) is 0 Å². The first kappa shape index (κ1) is 15.0. The molecule has 112 valence electrons. The van der Waals surface area contributed by atoms with Crippen molar-refractivity contribution in [1.29, 1.82) is 0 Å². The zero-order valence-corrected chi connectivity index (χ0v) is 11.8. The number of benzene rings is 1. The number of ether oxygens (including phenoxy) is 1. The summed E-state index contributed by atoms with van der Waals surface area (Å²) in [5, 5.41) is 19.3. The number of hydrogen-bond acceptors (Lipinski definition) is 5. The molecule has 2 rings (SSSR count). The van der Waals surface area contributed by atoms with Crippen molar-refractivity contribution in [3.8, 4) is 5.75 Å². The number of nitrogens with one attached hydrogen (secondary N) is 1. The second-order valence-corrected chi connectivity index (χ2v) is 4.43. The van der Waals surface area contributed by atoms with Gasteiger partial charge in [-0.3, -0.25) is 4.68 Å². The van der Waals surface area contributed by atoms with Gasteiger partial charge in [-0.2, -0.15) is 0 Å². The van der Waals surface area contributed by atoms with Crippen LogP contribution in [0.4, 0.5) is 0 Å². The van der Waals surface area contributed by atoms with E-state index >= 15 is 0 Å². The predicted octanol–water partition coefficient (Wildman–Crippen LogP) is 1.16. The molecular formula is C14H18N4O3. The summed E-state index contributed by atoms with van der Waals surface area (Å²) in [4.78, 5) is 10.7. The first-order chi connectivity index (χ1) is 10.2. The average Bonchev–Trinajstić information content (AvgIpc) is 2.94. The van der Waals surface area contributed by atoms with Gasteiger partial charge in [0.15, 0.2) is 5.69 Å². The van der Waals surface area contributed by atoms with Crippen LogP contribution in [0.5, 0.6) is 5.75 Å². The van der Waals surface area contributed by atoms with Crippen molar-refractivity contribution in [2.75, 3.05) is 13.2 Å². The van der Waals surface area contributed by atoms with E-state index in [4.69, 9.17) is 9.84 Å². The highest BCUT2D eigenvalue weighted by molar-refractivity contribution is 5.84. The molecule has 0 amide bonds. The van der Waals surface area contributed by atoms with Crippen LogP contribution < -0.4 is 10.1 Å². The molecule has 1 aromatic heterocycles. The minimum atomic E-state index is -1.07. The number of carboxylic acids is 1. The Labute approximate surface area is 122 Å². The molecule has 0 aliphatic heterocycles. The van der Waals surface area contributed by atoms with Crippen molar-refractivity contribution in [3.05, 3.63) is 41.7 Å². The number of rotatable bonds is 8. The number of hydrogen-bond donors (Lipinski definition) is 2. The molecule has 0 atom stereocenters. The van der Waals surface area contributed by atoms with Crippen molar-refractivity contribution in [3.63, 3.8) is 0 Å². The third-order valence-electron chi connectivity index (χ3n) is 2.81. The first-order valence-corrected chi connectivity index (χ1v) is 6.75. The maximum absolute atomic E-state index is 10.7. The minimum Gasteiger partial charge on any atom is -0.494 e. The quantitative estimate of drug-likeness (QED) is 0.709. The van der Waals surface area contributed by atoms with Crippen LogP contribution >= 0.6 is 0 Å². The van der Waals surface area contributed by atoms with Gasteiger partial charge in [-0.25, -0.2) is 4.79 Å². The van der Waals surface area contributed by atoms with Crippen LogP contribution in [-0.4, -0.2) is 39.2 Å². The third kappa shape index (κ3) is 4.57. The molecule has 21 heavy (non-hydrogen) atoms. The highest BCUT2D eigenvalue weighted by Gasteiger charge is 2.07. The van der Waals surface area contributed by atoms with Gasteiger partial charge in [0.1, 0.15) is 5.75 Å². The van der Waals surface area contributed by atoms with Crippen LogP contribution in [0.1, 0.15) is 23.0 Å². The van der Waals surface area contributed by atoms with Gasteiger partial charge in [0, 0.05) is 13.1 Å². The summed E-state index contributed by atoms with van der Waals surface area (Å²) >= 11 is 0. The van der Waals surface area contributed by atoms with Crippen LogP contribution in [0.2, 0.25) is 0 Å². The Morgan fingerprint density at radius 2 is 2.33 bits per heavy atom. The van der Waals surface area contributed by atoms with Gasteiger partial charge >= 0.3 is 5.97 Å². The van der Waals surface area contributed by atoms with E-state index in [0.29, 0.717) is 26.2 Å². The SMILES string of the molecule is CCOc1cccc(CNCCn2cc(C(=O)O)nn2)c1. The standard InChI is InChI=1S/C14H18N4O3/c1-2-21-12-5-3-4-11(8-12)9-15-6-7-18-10-13(14(19)20)16-17-18/h3-5,8,10,15H,2,6-7,9H2,1H3,(H,19,20). The summed E-state index contributed by atoms with van der Waals surface area (Å²) in [6.07, 6.45) is 1.42. The maximum atomic E-state index is 10.7. The Morgan fingerprint density at radius 3 is 3.05 bits per heavy atom. The fraction of sp³-hybridized carbons (Fsp3) is 0.357. The molecule has 0 bridgehead atoms. The van der Waals surface area contributed by atoms with Crippen LogP contribution in [0.25, 0.3) is 0 Å². The second-order valence-electron chi connectivity index (χ2n) is 4.43. The fourth-order valence-electron chi connectivity index (χ4n) is 1.84. The molecule has 2 aromatic rings. The number of aromatic carboxylic acids is 1. The monoisotopic (exact) mass is 290 g/mol. The lowest BCUT2D eigenvalue weighted by molar-refractivity contribution is 0.0690. The van der Waals surface area contributed by atoms with E-state index in [9.17, 15) is 4.79 Å². The molecule has 2 N–H and O–H groups in total. The van der Waals surface area contributed by atoms with Crippen molar-refractivity contribution >= 4 is 5.97 Å². The van der Waals surface area contributed by atoms with Gasteiger partial charge < -0.3 is 15.2 Å². The number of carbonyl (C=O) groups is 1. The summed E-state index contributed by atoms with van der Waals surface area (Å²) < 4.78 is 6.95. The van der Waals surface area contributed by atoms with Crippen molar-refractivity contribution in [2.24, 2.45) is 0 Å². The maximum Gasteiger partial charge on any atom is 0.358 e. The Hall–Kier alpha value is -2.41. The highest BCUT2D eigenvalue weighted by atomic mass is 16.5. The molecule has 0 spiro atoms. The smallest absolute Gasteiger partial charge is 0.358 e. The molecule has 1 aromatic carbocycles. The van der Waals surface area contributed by atoms with Gasteiger partial charge in [0.05, 0.1) is 19.3 Å². The molecule has 0 aliphatic rings. The Balaban J connectivity index is 1.76. The third-order valence-corrected chi connectivity index (χ3v) is 2.81. The molecule has 0 unspecified atom stereocenters. The van der Waals surface area contributed by atoms with Crippen LogP contribution in [0.15, 0.2) is 30.5 Å². The summed E-state index contributed by atoms with van der Waals surface area (Å²) in [7, 11) is 0. The molecule has 0 saturated carbocycles. The number of nitrogens with zero attached hydrogens (tertiary/aromatic N) is 3. The van der Waals surface area contributed by atoms with Crippen molar-refractivity contribution in [2.45, 2.75) is 20.0 Å². The van der Waals surface area contributed by atoms with Crippen molar-refractivity contribution in [1.82, 2.24) is 20.3 Å². The molecule has 7 nitrogen and oxygen atoms in total. The zero-order chi connectivity index (χ0) is 15.1. The van der Waals surface area contributed by atoms with E-state index in [0.717, 1.165) is 11.3 Å². The summed E-state index contributed by atoms with van der Waals surface area (Å²) in [5.74, 6) is -0.207. The molecule has 0 saturated heterocycles. The Bertz CT molecular complexity index is 597. The predicted molar refractivity (Wildman–Crippen MR) is 76.3 cm³/mol. The molecular weight excluding hydrogens is 272 g/mol. The normalized spacial score (nSPS) is 10.5. The van der Waals surface area contributed by atoms with E-state index in [1.807, 2.05) is 31.2 Å². The van der Waals surface area contributed by atoms with Crippen LogP contribution in [0.3, 0.4) is 0 Å². The lowest BCUT2D eigenvalue weighted by atomic mass is 10.2. The molecule has 0 fully saturated rings. The molecule has 1 heterocycles. The second kappa shape index (κ2) is 7.39.